The maximum absolute atomic E-state index is 6.35. The summed E-state index contributed by atoms with van der Waals surface area (Å²) < 4.78 is 0. The first kappa shape index (κ1) is 15.8. The minimum atomic E-state index is 0.630. The molecule has 2 aromatic carbocycles. The minimum Gasteiger partial charge on any atom is -0.371 e. The van der Waals surface area contributed by atoms with Gasteiger partial charge in [-0.2, -0.15) is 0 Å². The van der Waals surface area contributed by atoms with Crippen LogP contribution in [0.5, 0.6) is 0 Å². The van der Waals surface area contributed by atoms with Crippen molar-refractivity contribution < 1.29 is 0 Å². The van der Waals surface area contributed by atoms with Crippen LogP contribution >= 0.6 is 23.2 Å². The molecule has 5 rings (SSSR count). The zero-order valence-electron chi connectivity index (χ0n) is 14.0. The monoisotopic (exact) mass is 373 g/mol. The largest absolute Gasteiger partial charge is 0.371 e. The summed E-state index contributed by atoms with van der Waals surface area (Å²) in [4.78, 5) is 2.61. The molecule has 130 valence electrons. The Labute approximate surface area is 158 Å². The van der Waals surface area contributed by atoms with E-state index in [1.807, 2.05) is 12.1 Å². The van der Waals surface area contributed by atoms with Gasteiger partial charge >= 0.3 is 0 Å². The third-order valence-corrected chi connectivity index (χ3v) is 6.36. The molecule has 3 nitrogen and oxygen atoms in total. The molecule has 2 aromatic rings. The van der Waals surface area contributed by atoms with Crippen molar-refractivity contribution in [2.24, 2.45) is 5.92 Å². The minimum absolute atomic E-state index is 0.630. The molecule has 0 saturated carbocycles. The lowest BCUT2D eigenvalue weighted by Crippen LogP contribution is -2.41. The topological polar surface area (TPSA) is 27.3 Å². The number of fused-ring (bicyclic) bond motifs is 2. The van der Waals surface area contributed by atoms with Crippen LogP contribution in [0.2, 0.25) is 10.0 Å². The van der Waals surface area contributed by atoms with E-state index in [1.54, 1.807) is 6.07 Å². The molecule has 0 spiro atoms. The summed E-state index contributed by atoms with van der Waals surface area (Å²) in [6, 6.07) is 10.2. The van der Waals surface area contributed by atoms with E-state index in [9.17, 15) is 0 Å². The number of benzene rings is 2. The highest BCUT2D eigenvalue weighted by Crippen LogP contribution is 2.46. The van der Waals surface area contributed by atoms with Gasteiger partial charge in [0.25, 0.3) is 0 Å². The van der Waals surface area contributed by atoms with E-state index in [0.717, 1.165) is 36.8 Å². The lowest BCUT2D eigenvalue weighted by molar-refractivity contribution is 0.470. The molecule has 3 aliphatic rings. The number of anilines is 3. The molecule has 5 heteroatoms. The number of aryl methyl sites for hydroxylation is 1. The van der Waals surface area contributed by atoms with E-state index in [0.29, 0.717) is 16.0 Å². The second-order valence-electron chi connectivity index (χ2n) is 7.40. The average molecular weight is 374 g/mol. The number of halogens is 2. The molecule has 0 bridgehead atoms. The Hall–Kier alpha value is -1.42. The number of nitrogens with one attached hydrogen (secondary N) is 2. The Balaban J connectivity index is 1.57. The smallest absolute Gasteiger partial charge is 0.0655 e. The highest BCUT2D eigenvalue weighted by molar-refractivity contribution is 6.36. The maximum atomic E-state index is 6.35. The average Bonchev–Trinajstić information content (AvgIpc) is 3.06. The van der Waals surface area contributed by atoms with Crippen molar-refractivity contribution >= 4 is 40.3 Å². The SMILES string of the molecule is Clc1ccc(Nc2cc3c4c(c2)[C@@H]2CNC[C@H]2CN4CCC3)c(Cl)c1. The van der Waals surface area contributed by atoms with Crippen molar-refractivity contribution in [3.63, 3.8) is 0 Å². The van der Waals surface area contributed by atoms with Gasteiger partial charge in [-0.1, -0.05) is 23.2 Å². The summed E-state index contributed by atoms with van der Waals surface area (Å²) in [5.74, 6) is 1.36. The Morgan fingerprint density at radius 3 is 2.92 bits per heavy atom. The van der Waals surface area contributed by atoms with Gasteiger partial charge in [0.05, 0.1) is 10.7 Å². The fourth-order valence-corrected chi connectivity index (χ4v) is 5.18. The van der Waals surface area contributed by atoms with Gasteiger partial charge < -0.3 is 15.5 Å². The van der Waals surface area contributed by atoms with Crippen LogP contribution in [0.3, 0.4) is 0 Å². The van der Waals surface area contributed by atoms with Gasteiger partial charge in [0, 0.05) is 48.5 Å². The van der Waals surface area contributed by atoms with Crippen LogP contribution < -0.4 is 15.5 Å². The second-order valence-corrected chi connectivity index (χ2v) is 8.24. The highest BCUT2D eigenvalue weighted by Gasteiger charge is 2.38. The molecule has 0 radical (unpaired) electrons. The van der Waals surface area contributed by atoms with Gasteiger partial charge in [-0.25, -0.2) is 0 Å². The Morgan fingerprint density at radius 1 is 1.12 bits per heavy atom. The summed E-state index contributed by atoms with van der Waals surface area (Å²) in [6.45, 7) is 4.62. The summed E-state index contributed by atoms with van der Waals surface area (Å²) in [5.41, 5.74) is 6.52. The molecular formula is C20H21Cl2N3. The molecule has 0 amide bonds. The standard InChI is InChI=1S/C20H21Cl2N3/c21-14-3-4-19(18(22)7-14)24-15-6-12-2-1-5-25-11-13-9-23-10-17(13)16(8-15)20(12)25/h3-4,6-8,13,17,23-24H,1-2,5,9-11H2/t13-,17+/m0/s1. The van der Waals surface area contributed by atoms with Crippen molar-refractivity contribution in [3.05, 3.63) is 51.5 Å². The van der Waals surface area contributed by atoms with Crippen LogP contribution in [0.15, 0.2) is 30.3 Å². The molecule has 1 fully saturated rings. The van der Waals surface area contributed by atoms with Crippen LogP contribution in [0.25, 0.3) is 0 Å². The lowest BCUT2D eigenvalue weighted by atomic mass is 9.80. The van der Waals surface area contributed by atoms with Crippen molar-refractivity contribution in [2.45, 2.75) is 18.8 Å². The van der Waals surface area contributed by atoms with E-state index in [1.165, 1.54) is 36.3 Å². The number of hydrogen-bond donors (Lipinski definition) is 2. The van der Waals surface area contributed by atoms with Crippen molar-refractivity contribution in [1.82, 2.24) is 5.32 Å². The fourth-order valence-electron chi connectivity index (χ4n) is 4.72. The van der Waals surface area contributed by atoms with Crippen LogP contribution in [0.1, 0.15) is 23.5 Å². The molecule has 3 aliphatic heterocycles. The van der Waals surface area contributed by atoms with Crippen LogP contribution in [-0.2, 0) is 6.42 Å². The van der Waals surface area contributed by atoms with E-state index < -0.39 is 0 Å². The molecule has 2 N–H and O–H groups in total. The molecule has 25 heavy (non-hydrogen) atoms. The number of hydrogen-bond acceptors (Lipinski definition) is 3. The van der Waals surface area contributed by atoms with E-state index in [4.69, 9.17) is 23.2 Å². The van der Waals surface area contributed by atoms with Crippen LogP contribution in [0, 0.1) is 5.92 Å². The third-order valence-electron chi connectivity index (χ3n) is 5.81. The molecule has 0 aromatic heterocycles. The van der Waals surface area contributed by atoms with Crippen molar-refractivity contribution in [2.75, 3.05) is 36.4 Å². The van der Waals surface area contributed by atoms with Gasteiger partial charge in [0.1, 0.15) is 0 Å². The predicted octanol–water partition coefficient (Wildman–Crippen LogP) is 4.81. The van der Waals surface area contributed by atoms with Gasteiger partial charge in [-0.05, 0) is 60.2 Å². The zero-order valence-corrected chi connectivity index (χ0v) is 15.5. The molecular weight excluding hydrogens is 353 g/mol. The zero-order chi connectivity index (χ0) is 17.0. The second kappa shape index (κ2) is 6.08. The van der Waals surface area contributed by atoms with E-state index in [-0.39, 0.29) is 0 Å². The van der Waals surface area contributed by atoms with Crippen molar-refractivity contribution in [3.8, 4) is 0 Å². The van der Waals surface area contributed by atoms with Gasteiger partial charge in [0.2, 0.25) is 0 Å². The Bertz CT molecular complexity index is 836. The molecule has 3 heterocycles. The Kier molecular flexibility index (Phi) is 3.85. The summed E-state index contributed by atoms with van der Waals surface area (Å²) in [5, 5.41) is 8.42. The normalized spacial score (nSPS) is 24.0. The van der Waals surface area contributed by atoms with Crippen LogP contribution in [0.4, 0.5) is 17.1 Å². The van der Waals surface area contributed by atoms with E-state index >= 15 is 0 Å². The molecule has 0 unspecified atom stereocenters. The predicted molar refractivity (Wildman–Crippen MR) is 106 cm³/mol. The summed E-state index contributed by atoms with van der Waals surface area (Å²) >= 11 is 12.4. The maximum Gasteiger partial charge on any atom is 0.0655 e. The summed E-state index contributed by atoms with van der Waals surface area (Å²) in [7, 11) is 0. The Morgan fingerprint density at radius 2 is 2.04 bits per heavy atom. The van der Waals surface area contributed by atoms with Crippen molar-refractivity contribution in [1.29, 1.82) is 0 Å². The number of rotatable bonds is 2. The molecule has 1 saturated heterocycles. The number of nitrogens with zero attached hydrogens (tertiary/aromatic N) is 1. The van der Waals surface area contributed by atoms with Gasteiger partial charge in [-0.3, -0.25) is 0 Å². The first-order valence-corrected chi connectivity index (χ1v) is 9.79. The molecule has 0 aliphatic carbocycles. The van der Waals surface area contributed by atoms with Crippen LogP contribution in [-0.4, -0.2) is 26.2 Å². The first-order valence-electron chi connectivity index (χ1n) is 9.03. The van der Waals surface area contributed by atoms with E-state index in [2.05, 4.69) is 27.7 Å². The quantitative estimate of drug-likeness (QED) is 0.790. The van der Waals surface area contributed by atoms with Gasteiger partial charge in [-0.15, -0.1) is 0 Å². The summed E-state index contributed by atoms with van der Waals surface area (Å²) in [6.07, 6.45) is 2.40. The lowest BCUT2D eigenvalue weighted by Gasteiger charge is -2.42. The third kappa shape index (κ3) is 2.69. The van der Waals surface area contributed by atoms with Gasteiger partial charge in [0.15, 0.2) is 0 Å². The highest BCUT2D eigenvalue weighted by atomic mass is 35.5. The first-order chi connectivity index (χ1) is 12.2. The fraction of sp³-hybridized carbons (Fsp3) is 0.400. The molecule has 2 atom stereocenters.